The minimum absolute atomic E-state index is 0.0770. The molecule has 0 unspecified atom stereocenters. The van der Waals surface area contributed by atoms with Crippen LogP contribution in [0.2, 0.25) is 0 Å². The molecule has 2 aromatic rings. The van der Waals surface area contributed by atoms with E-state index >= 15 is 0 Å². The maximum atomic E-state index is 14.0. The van der Waals surface area contributed by atoms with Gasteiger partial charge in [-0.3, -0.25) is 19.0 Å². The Hall–Kier alpha value is -3.20. The fourth-order valence-electron chi connectivity index (χ4n) is 3.33. The second-order valence-corrected chi connectivity index (χ2v) is 8.15. The Morgan fingerprint density at radius 3 is 2.52 bits per heavy atom. The summed E-state index contributed by atoms with van der Waals surface area (Å²) >= 11 is 1.31. The number of aromatic nitrogens is 4. The zero-order valence-electron chi connectivity index (χ0n) is 17.9. The molecule has 1 fully saturated rings. The summed E-state index contributed by atoms with van der Waals surface area (Å²) in [4.78, 5) is 57.0. The van der Waals surface area contributed by atoms with Crippen LogP contribution in [0, 0.1) is 10.9 Å². The third-order valence-electron chi connectivity index (χ3n) is 4.67. The average molecular weight is 484 g/mol. The predicted octanol–water partition coefficient (Wildman–Crippen LogP) is 0.989. The fraction of sp³-hybridized carbons (Fsp3) is 0.556. The molecule has 15 heteroatoms. The smallest absolute Gasteiger partial charge is 0.303 e. The maximum Gasteiger partial charge on any atom is 0.303 e. The largest absolute Gasteiger partial charge is 0.456 e. The van der Waals surface area contributed by atoms with Crippen LogP contribution in [0.25, 0.3) is 11.2 Å². The van der Waals surface area contributed by atoms with Crippen LogP contribution in [0.4, 0.5) is 4.39 Å². The van der Waals surface area contributed by atoms with Crippen LogP contribution < -0.4 is 0 Å². The van der Waals surface area contributed by atoms with Gasteiger partial charge in [0, 0.05) is 32.3 Å². The molecule has 0 saturated carbocycles. The highest BCUT2D eigenvalue weighted by molar-refractivity contribution is 7.99. The number of fused-ring (bicyclic) bond motifs is 1. The first-order valence-electron chi connectivity index (χ1n) is 9.75. The van der Waals surface area contributed by atoms with Crippen LogP contribution in [0.5, 0.6) is 0 Å². The van der Waals surface area contributed by atoms with Crippen LogP contribution in [-0.4, -0.2) is 78.7 Å². The number of nitrogens with zero attached hydrogens (tertiary/aromatic N) is 6. The topological polar surface area (TPSA) is 155 Å². The first kappa shape index (κ1) is 24.4. The number of thioether (sulfide) groups is 1. The summed E-state index contributed by atoms with van der Waals surface area (Å²) in [5.41, 5.74) is 0.00362. The van der Waals surface area contributed by atoms with E-state index in [4.69, 9.17) is 14.2 Å². The van der Waals surface area contributed by atoms with Crippen LogP contribution >= 0.6 is 11.8 Å². The highest BCUT2D eigenvalue weighted by atomic mass is 32.2. The molecule has 0 aromatic carbocycles. The molecule has 1 aliphatic rings. The van der Waals surface area contributed by atoms with Gasteiger partial charge in [0.2, 0.25) is 11.9 Å². The highest BCUT2D eigenvalue weighted by Gasteiger charge is 2.50. The first-order chi connectivity index (χ1) is 15.7. The van der Waals surface area contributed by atoms with E-state index in [0.717, 1.165) is 11.3 Å². The summed E-state index contributed by atoms with van der Waals surface area (Å²) in [5, 5.41) is 3.43. The number of amides is 1. The van der Waals surface area contributed by atoms with Crippen molar-refractivity contribution in [3.63, 3.8) is 0 Å². The summed E-state index contributed by atoms with van der Waals surface area (Å²) in [6, 6.07) is 0. The van der Waals surface area contributed by atoms with Crippen molar-refractivity contribution in [2.24, 2.45) is 5.29 Å². The molecule has 1 aliphatic heterocycles. The van der Waals surface area contributed by atoms with E-state index in [1.54, 1.807) is 0 Å². The Balaban J connectivity index is 1.84. The zero-order valence-corrected chi connectivity index (χ0v) is 18.7. The minimum atomic E-state index is -1.07. The number of halogens is 1. The van der Waals surface area contributed by atoms with Crippen molar-refractivity contribution in [2.75, 3.05) is 18.1 Å². The quantitative estimate of drug-likeness (QED) is 0.164. The third-order valence-corrected chi connectivity index (χ3v) is 5.70. The monoisotopic (exact) mass is 484 g/mol. The van der Waals surface area contributed by atoms with Gasteiger partial charge in [-0.15, -0.1) is 4.91 Å². The van der Waals surface area contributed by atoms with E-state index in [1.807, 2.05) is 0 Å². The average Bonchev–Trinajstić information content (AvgIpc) is 3.30. The van der Waals surface area contributed by atoms with Crippen molar-refractivity contribution in [3.8, 4) is 0 Å². The van der Waals surface area contributed by atoms with Crippen molar-refractivity contribution in [1.29, 1.82) is 0 Å². The zero-order chi connectivity index (χ0) is 24.1. The second kappa shape index (κ2) is 10.6. The van der Waals surface area contributed by atoms with Crippen molar-refractivity contribution < 1.29 is 33.0 Å². The fourth-order valence-corrected chi connectivity index (χ4v) is 4.30. The molecule has 3 rings (SSSR count). The lowest BCUT2D eigenvalue weighted by molar-refractivity contribution is -0.165. The molecule has 0 spiro atoms. The molecule has 4 atom stereocenters. The summed E-state index contributed by atoms with van der Waals surface area (Å²) in [6.07, 6.45) is -1.53. The van der Waals surface area contributed by atoms with Gasteiger partial charge in [-0.25, -0.2) is 15.0 Å². The van der Waals surface area contributed by atoms with Crippen molar-refractivity contribution in [1.82, 2.24) is 24.5 Å². The molecular formula is C18H21FN6O7S. The van der Waals surface area contributed by atoms with Gasteiger partial charge in [-0.2, -0.15) is 21.2 Å². The predicted molar refractivity (Wildman–Crippen MR) is 111 cm³/mol. The number of carbonyl (C=O) groups is 3. The number of hydrogen-bond donors (Lipinski definition) is 0. The molecule has 2 aromatic heterocycles. The van der Waals surface area contributed by atoms with Crippen LogP contribution in [0.15, 0.2) is 17.9 Å². The van der Waals surface area contributed by atoms with E-state index in [9.17, 15) is 23.7 Å². The standard InChI is InChI=1S/C18H21FN6O7S/c1-9(26)25(23-29)4-5-33-6-12-14(30-10(2)27)15(31-11(3)28)18(32-12)24-8-22-13-16(19)20-7-21-17(13)24/h7-8,12,14-15,18H,4-6H2,1-3H3/t12-,14-,15-,18-/m1/s1. The molecule has 0 N–H and O–H groups in total. The van der Waals surface area contributed by atoms with E-state index < -0.39 is 48.3 Å². The highest BCUT2D eigenvalue weighted by Crippen LogP contribution is 2.37. The Kier molecular flexibility index (Phi) is 7.86. The summed E-state index contributed by atoms with van der Waals surface area (Å²) < 4.78 is 32.3. The Labute approximate surface area is 190 Å². The lowest BCUT2D eigenvalue weighted by Crippen LogP contribution is -2.39. The molecule has 0 radical (unpaired) electrons. The van der Waals surface area contributed by atoms with Gasteiger partial charge in [0.05, 0.1) is 18.2 Å². The van der Waals surface area contributed by atoms with E-state index in [1.165, 1.54) is 43.4 Å². The van der Waals surface area contributed by atoms with Gasteiger partial charge in [-0.1, -0.05) is 0 Å². The van der Waals surface area contributed by atoms with E-state index in [2.05, 4.69) is 20.2 Å². The number of nitroso groups, excluding NO2 is 1. The number of rotatable bonds is 9. The van der Waals surface area contributed by atoms with Gasteiger partial charge in [0.25, 0.3) is 0 Å². The SMILES string of the molecule is CC(=O)O[C@@H]1[C@H](OC(C)=O)[C@@H](CSCCN(N=O)C(C)=O)O[C@H]1n1cnc2c(F)ncnc21. The van der Waals surface area contributed by atoms with Gasteiger partial charge >= 0.3 is 11.9 Å². The van der Waals surface area contributed by atoms with Crippen LogP contribution in [0.3, 0.4) is 0 Å². The van der Waals surface area contributed by atoms with Gasteiger partial charge < -0.3 is 14.2 Å². The first-order valence-corrected chi connectivity index (χ1v) is 10.9. The molecule has 3 heterocycles. The number of ether oxygens (including phenoxy) is 3. The molecule has 0 bridgehead atoms. The molecule has 1 amide bonds. The van der Waals surface area contributed by atoms with Gasteiger partial charge in [0.1, 0.15) is 12.4 Å². The lowest BCUT2D eigenvalue weighted by Gasteiger charge is -2.23. The number of carbonyl (C=O) groups excluding carboxylic acids is 3. The minimum Gasteiger partial charge on any atom is -0.456 e. The van der Waals surface area contributed by atoms with Crippen LogP contribution in [-0.2, 0) is 28.6 Å². The molecular weight excluding hydrogens is 463 g/mol. The number of hydrogen-bond acceptors (Lipinski definition) is 12. The van der Waals surface area contributed by atoms with Crippen molar-refractivity contribution in [2.45, 2.75) is 45.3 Å². The third kappa shape index (κ3) is 5.60. The maximum absolute atomic E-state index is 14.0. The number of esters is 2. The Morgan fingerprint density at radius 1 is 1.18 bits per heavy atom. The van der Waals surface area contributed by atoms with Crippen molar-refractivity contribution >= 4 is 40.8 Å². The van der Waals surface area contributed by atoms with Crippen LogP contribution in [0.1, 0.15) is 27.0 Å². The summed E-state index contributed by atoms with van der Waals surface area (Å²) in [7, 11) is 0. The Bertz CT molecular complexity index is 1050. The molecule has 178 valence electrons. The lowest BCUT2D eigenvalue weighted by atomic mass is 10.1. The second-order valence-electron chi connectivity index (χ2n) is 7.00. The van der Waals surface area contributed by atoms with Gasteiger partial charge in [0.15, 0.2) is 29.6 Å². The van der Waals surface area contributed by atoms with Gasteiger partial charge in [-0.05, 0) is 0 Å². The normalized spacial score (nSPS) is 22.2. The summed E-state index contributed by atoms with van der Waals surface area (Å²) in [5.74, 6) is -1.98. The molecule has 0 aliphatic carbocycles. The van der Waals surface area contributed by atoms with E-state index in [0.29, 0.717) is 5.75 Å². The molecule has 33 heavy (non-hydrogen) atoms. The Morgan fingerprint density at radius 2 is 1.88 bits per heavy atom. The van der Waals surface area contributed by atoms with E-state index in [-0.39, 0.29) is 23.5 Å². The number of imidazole rings is 1. The summed E-state index contributed by atoms with van der Waals surface area (Å²) in [6.45, 7) is 3.70. The van der Waals surface area contributed by atoms with Crippen molar-refractivity contribution in [3.05, 3.63) is 23.5 Å². The molecule has 13 nitrogen and oxygen atoms in total. The molecule has 1 saturated heterocycles.